The van der Waals surface area contributed by atoms with Crippen molar-refractivity contribution >= 4 is 5.97 Å². The van der Waals surface area contributed by atoms with Crippen molar-refractivity contribution in [1.82, 2.24) is 9.78 Å². The molecule has 0 saturated heterocycles. The molecule has 5 nitrogen and oxygen atoms in total. The molecule has 1 saturated carbocycles. The second-order valence-corrected chi connectivity index (χ2v) is 4.59. The topological polar surface area (TPSA) is 64.3 Å². The van der Waals surface area contributed by atoms with E-state index in [2.05, 4.69) is 5.10 Å². The van der Waals surface area contributed by atoms with Gasteiger partial charge in [0, 0.05) is 13.3 Å². The summed E-state index contributed by atoms with van der Waals surface area (Å²) < 4.78 is 7.17. The van der Waals surface area contributed by atoms with Gasteiger partial charge in [0.1, 0.15) is 5.56 Å². The minimum atomic E-state index is -0.909. The largest absolute Gasteiger partial charge is 0.478 e. The number of carbonyl (C=O) groups is 1. The monoisotopic (exact) mass is 238 g/mol. The first-order valence-electron chi connectivity index (χ1n) is 5.93. The molecular weight excluding hydrogens is 220 g/mol. The van der Waals surface area contributed by atoms with E-state index in [-0.39, 0.29) is 12.1 Å². The molecule has 0 amide bonds. The molecule has 1 aliphatic carbocycles. The first-order valence-corrected chi connectivity index (χ1v) is 5.93. The van der Waals surface area contributed by atoms with Gasteiger partial charge in [0.05, 0.1) is 17.8 Å². The number of rotatable bonds is 3. The molecule has 1 N–H and O–H groups in total. The van der Waals surface area contributed by atoms with Crippen LogP contribution >= 0.6 is 0 Å². The molecule has 0 spiro atoms. The van der Waals surface area contributed by atoms with Crippen molar-refractivity contribution in [1.29, 1.82) is 0 Å². The molecule has 0 radical (unpaired) electrons. The molecule has 17 heavy (non-hydrogen) atoms. The number of hydrogen-bond acceptors (Lipinski definition) is 3. The number of ether oxygens (including phenoxy) is 1. The maximum atomic E-state index is 11.0. The van der Waals surface area contributed by atoms with E-state index in [4.69, 9.17) is 9.84 Å². The zero-order valence-electron chi connectivity index (χ0n) is 10.2. The Morgan fingerprint density at radius 3 is 2.94 bits per heavy atom. The predicted octanol–water partition coefficient (Wildman–Crippen LogP) is 2.02. The summed E-state index contributed by atoms with van der Waals surface area (Å²) in [5, 5.41) is 13.3. The number of hydrogen-bond donors (Lipinski definition) is 1. The highest BCUT2D eigenvalue weighted by molar-refractivity contribution is 5.88. The van der Waals surface area contributed by atoms with Gasteiger partial charge in [0.25, 0.3) is 0 Å². The number of carboxylic acids is 1. The van der Waals surface area contributed by atoms with Crippen LogP contribution in [0.1, 0.15) is 47.8 Å². The van der Waals surface area contributed by atoms with Crippen LogP contribution in [0.15, 0.2) is 6.20 Å². The second kappa shape index (κ2) is 4.87. The maximum Gasteiger partial charge on any atom is 0.339 e. The van der Waals surface area contributed by atoms with Gasteiger partial charge in [-0.3, -0.25) is 4.68 Å². The second-order valence-electron chi connectivity index (χ2n) is 4.59. The predicted molar refractivity (Wildman–Crippen MR) is 62.2 cm³/mol. The third-order valence-corrected chi connectivity index (χ3v) is 3.45. The number of aryl methyl sites for hydroxylation is 1. The quantitative estimate of drug-likeness (QED) is 0.875. The molecule has 1 aliphatic rings. The van der Waals surface area contributed by atoms with Crippen LogP contribution in [-0.2, 0) is 4.74 Å². The molecule has 1 heterocycles. The average molecular weight is 238 g/mol. The lowest BCUT2D eigenvalue weighted by molar-refractivity contribution is 0.0507. The minimum absolute atomic E-state index is 0.264. The summed E-state index contributed by atoms with van der Waals surface area (Å²) in [6.07, 6.45) is 6.05. The third-order valence-electron chi connectivity index (χ3n) is 3.45. The Morgan fingerprint density at radius 2 is 2.35 bits per heavy atom. The Bertz CT molecular complexity index is 414. The number of nitrogens with zero attached hydrogens (tertiary/aromatic N) is 2. The SMILES string of the molecule is COC1CCCC(n2cc(C(=O)O)c(C)n2)C1. The molecule has 0 aromatic carbocycles. The highest BCUT2D eigenvalue weighted by atomic mass is 16.5. The Kier molecular flexibility index (Phi) is 3.47. The maximum absolute atomic E-state index is 11.0. The minimum Gasteiger partial charge on any atom is -0.478 e. The van der Waals surface area contributed by atoms with Crippen molar-refractivity contribution in [2.45, 2.75) is 44.8 Å². The molecule has 94 valence electrons. The van der Waals surface area contributed by atoms with E-state index in [1.54, 1.807) is 24.9 Å². The van der Waals surface area contributed by atoms with Gasteiger partial charge in [-0.1, -0.05) is 0 Å². The first-order chi connectivity index (χ1) is 8.11. The van der Waals surface area contributed by atoms with E-state index in [1.165, 1.54) is 0 Å². The summed E-state index contributed by atoms with van der Waals surface area (Å²) >= 11 is 0. The molecule has 1 fully saturated rings. The molecule has 5 heteroatoms. The summed E-state index contributed by atoms with van der Waals surface area (Å²) in [6, 6.07) is 0.264. The lowest BCUT2D eigenvalue weighted by atomic mass is 9.93. The van der Waals surface area contributed by atoms with Crippen LogP contribution in [0.5, 0.6) is 0 Å². The van der Waals surface area contributed by atoms with E-state index < -0.39 is 5.97 Å². The zero-order valence-corrected chi connectivity index (χ0v) is 10.2. The number of aromatic nitrogens is 2. The van der Waals surface area contributed by atoms with E-state index in [0.29, 0.717) is 11.3 Å². The van der Waals surface area contributed by atoms with Gasteiger partial charge in [0.15, 0.2) is 0 Å². The Labute approximate surface area is 100 Å². The lowest BCUT2D eigenvalue weighted by Crippen LogP contribution is -2.24. The summed E-state index contributed by atoms with van der Waals surface area (Å²) in [7, 11) is 1.73. The molecule has 2 atom stereocenters. The highest BCUT2D eigenvalue weighted by Gasteiger charge is 2.25. The Hall–Kier alpha value is -1.36. The van der Waals surface area contributed by atoms with Gasteiger partial charge >= 0.3 is 5.97 Å². The summed E-state index contributed by atoms with van der Waals surface area (Å²) in [6.45, 7) is 1.73. The summed E-state index contributed by atoms with van der Waals surface area (Å²) in [5.41, 5.74) is 0.876. The van der Waals surface area contributed by atoms with E-state index in [1.807, 2.05) is 0 Å². The van der Waals surface area contributed by atoms with Gasteiger partial charge in [-0.25, -0.2) is 4.79 Å². The lowest BCUT2D eigenvalue weighted by Gasteiger charge is -2.28. The van der Waals surface area contributed by atoms with Gasteiger partial charge in [-0.05, 0) is 32.6 Å². The van der Waals surface area contributed by atoms with Crippen molar-refractivity contribution < 1.29 is 14.6 Å². The van der Waals surface area contributed by atoms with Gasteiger partial charge < -0.3 is 9.84 Å². The fraction of sp³-hybridized carbons (Fsp3) is 0.667. The Morgan fingerprint density at radius 1 is 1.59 bits per heavy atom. The van der Waals surface area contributed by atoms with Crippen LogP contribution in [0, 0.1) is 6.92 Å². The van der Waals surface area contributed by atoms with Crippen LogP contribution < -0.4 is 0 Å². The van der Waals surface area contributed by atoms with Crippen LogP contribution in [0.4, 0.5) is 0 Å². The standard InChI is InChI=1S/C12H18N2O3/c1-8-11(12(15)16)7-14(13-8)9-4-3-5-10(6-9)17-2/h7,9-10H,3-6H2,1-2H3,(H,15,16). The smallest absolute Gasteiger partial charge is 0.339 e. The van der Waals surface area contributed by atoms with Crippen LogP contribution in [-0.4, -0.2) is 34.1 Å². The number of carboxylic acid groups (broad SMARTS) is 1. The van der Waals surface area contributed by atoms with Gasteiger partial charge in [-0.2, -0.15) is 5.10 Å². The normalized spacial score (nSPS) is 24.8. The van der Waals surface area contributed by atoms with E-state index >= 15 is 0 Å². The van der Waals surface area contributed by atoms with E-state index in [0.717, 1.165) is 25.7 Å². The number of aromatic carboxylic acids is 1. The van der Waals surface area contributed by atoms with E-state index in [9.17, 15) is 4.79 Å². The van der Waals surface area contributed by atoms with Gasteiger partial charge in [-0.15, -0.1) is 0 Å². The molecule has 0 aliphatic heterocycles. The zero-order chi connectivity index (χ0) is 12.4. The molecule has 1 aromatic heterocycles. The van der Waals surface area contributed by atoms with Crippen LogP contribution in [0.3, 0.4) is 0 Å². The third kappa shape index (κ3) is 2.49. The Balaban J connectivity index is 2.16. The highest BCUT2D eigenvalue weighted by Crippen LogP contribution is 2.30. The summed E-state index contributed by atoms with van der Waals surface area (Å²) in [5.74, 6) is -0.909. The molecule has 1 aromatic rings. The van der Waals surface area contributed by atoms with Crippen LogP contribution in [0.2, 0.25) is 0 Å². The van der Waals surface area contributed by atoms with Crippen molar-refractivity contribution in [3.63, 3.8) is 0 Å². The van der Waals surface area contributed by atoms with Gasteiger partial charge in [0.2, 0.25) is 0 Å². The van der Waals surface area contributed by atoms with Crippen molar-refractivity contribution in [2.24, 2.45) is 0 Å². The molecular formula is C12H18N2O3. The molecule has 0 bridgehead atoms. The van der Waals surface area contributed by atoms with Crippen molar-refractivity contribution in [3.05, 3.63) is 17.5 Å². The fourth-order valence-electron chi connectivity index (χ4n) is 2.45. The molecule has 2 rings (SSSR count). The van der Waals surface area contributed by atoms with Crippen LogP contribution in [0.25, 0.3) is 0 Å². The van der Waals surface area contributed by atoms with Crippen molar-refractivity contribution in [2.75, 3.05) is 7.11 Å². The number of methoxy groups -OCH3 is 1. The summed E-state index contributed by atoms with van der Waals surface area (Å²) in [4.78, 5) is 11.0. The molecule has 2 unspecified atom stereocenters. The fourth-order valence-corrected chi connectivity index (χ4v) is 2.45. The average Bonchev–Trinajstić information content (AvgIpc) is 2.71. The van der Waals surface area contributed by atoms with Crippen molar-refractivity contribution in [3.8, 4) is 0 Å². The first kappa shape index (κ1) is 12.1.